The molecular formula is C26H32O12. The first-order valence-corrected chi connectivity index (χ1v) is 12.0. The van der Waals surface area contributed by atoms with Crippen LogP contribution in [0.4, 0.5) is 0 Å². The molecular weight excluding hydrogens is 504 g/mol. The van der Waals surface area contributed by atoms with Crippen LogP contribution in [0.1, 0.15) is 11.1 Å². The molecule has 2 aliphatic rings. The Morgan fingerprint density at radius 3 is 2.13 bits per heavy atom. The first-order valence-electron chi connectivity index (χ1n) is 12.0. The van der Waals surface area contributed by atoms with Crippen molar-refractivity contribution in [3.05, 3.63) is 47.5 Å². The Hall–Kier alpha value is -3.13. The number of aliphatic hydroxyl groups excluding tert-OH is 4. The zero-order chi connectivity index (χ0) is 27.6. The van der Waals surface area contributed by atoms with Crippen LogP contribution in [0.25, 0.3) is 0 Å². The average Bonchev–Trinajstić information content (AvgIpc) is 3.20. The first-order chi connectivity index (χ1) is 18.1. The molecule has 2 saturated heterocycles. The van der Waals surface area contributed by atoms with E-state index in [-0.39, 0.29) is 42.4 Å². The smallest absolute Gasteiger partial charge is 0.339 e. The van der Waals surface area contributed by atoms with Crippen LogP contribution < -0.4 is 9.47 Å². The number of esters is 1. The highest BCUT2D eigenvalue weighted by molar-refractivity contribution is 5.83. The number of aromatic hydroxyl groups is 2. The summed E-state index contributed by atoms with van der Waals surface area (Å²) in [6, 6.07) is 9.22. The van der Waals surface area contributed by atoms with E-state index in [1.807, 2.05) is 0 Å². The van der Waals surface area contributed by atoms with Gasteiger partial charge in [0.05, 0.1) is 27.4 Å². The molecule has 208 valence electrons. The van der Waals surface area contributed by atoms with Gasteiger partial charge in [0, 0.05) is 12.3 Å². The Morgan fingerprint density at radius 1 is 0.921 bits per heavy atom. The molecule has 0 aliphatic carbocycles. The van der Waals surface area contributed by atoms with Crippen LogP contribution in [0.2, 0.25) is 0 Å². The lowest BCUT2D eigenvalue weighted by Crippen LogP contribution is -2.62. The molecule has 2 aromatic rings. The Bertz CT molecular complexity index is 1140. The van der Waals surface area contributed by atoms with Crippen LogP contribution in [-0.4, -0.2) is 100 Å². The molecule has 2 aromatic carbocycles. The van der Waals surface area contributed by atoms with E-state index in [1.165, 1.54) is 32.4 Å². The van der Waals surface area contributed by atoms with E-state index < -0.39 is 54.8 Å². The number of benzene rings is 2. The Labute approximate surface area is 218 Å². The number of ether oxygens (including phenoxy) is 5. The van der Waals surface area contributed by atoms with Crippen molar-refractivity contribution in [1.29, 1.82) is 0 Å². The predicted octanol–water partition coefficient (Wildman–Crippen LogP) is -0.371. The summed E-state index contributed by atoms with van der Waals surface area (Å²) in [5.74, 6) is -1.18. The van der Waals surface area contributed by atoms with Gasteiger partial charge in [-0.15, -0.1) is 0 Å². The van der Waals surface area contributed by atoms with Crippen molar-refractivity contribution < 1.29 is 59.1 Å². The number of hydrogen-bond acceptors (Lipinski definition) is 12. The summed E-state index contributed by atoms with van der Waals surface area (Å²) in [7, 11) is 2.79. The molecule has 7 atom stereocenters. The molecule has 6 N–H and O–H groups in total. The molecule has 12 nitrogen and oxygen atoms in total. The maximum Gasteiger partial charge on any atom is 0.339 e. The fourth-order valence-electron chi connectivity index (χ4n) is 4.87. The van der Waals surface area contributed by atoms with Gasteiger partial charge in [0.25, 0.3) is 0 Å². The second kappa shape index (κ2) is 11.3. The number of phenols is 2. The van der Waals surface area contributed by atoms with Crippen molar-refractivity contribution in [2.24, 2.45) is 5.92 Å². The molecule has 4 rings (SSSR count). The van der Waals surface area contributed by atoms with Gasteiger partial charge in [-0.1, -0.05) is 12.1 Å². The second-order valence-corrected chi connectivity index (χ2v) is 9.39. The molecule has 2 heterocycles. The van der Waals surface area contributed by atoms with Gasteiger partial charge in [-0.25, -0.2) is 4.79 Å². The third kappa shape index (κ3) is 5.23. The van der Waals surface area contributed by atoms with Gasteiger partial charge < -0.3 is 54.3 Å². The lowest BCUT2D eigenvalue weighted by molar-refractivity contribution is -0.325. The van der Waals surface area contributed by atoms with E-state index in [4.69, 9.17) is 23.7 Å². The van der Waals surface area contributed by atoms with Gasteiger partial charge >= 0.3 is 5.97 Å². The standard InChI is InChI=1S/C26H32O12/c1-34-18-8-13(3-5-16(18)28)7-15-12-36-25(33)26(15,10-14-4-6-17(29)19(9-14)35-2)38-24-23(32)22(31)21(30)20(11-27)37-24/h3-6,8-9,15,20-24,27-32H,7,10-12H2,1-2H3/t15-,20+,21+,22-,23+,24?,26-/m0/s1. The Morgan fingerprint density at radius 2 is 1.53 bits per heavy atom. The number of hydrogen-bond donors (Lipinski definition) is 6. The molecule has 2 aliphatic heterocycles. The molecule has 12 heteroatoms. The minimum Gasteiger partial charge on any atom is -0.504 e. The Kier molecular flexibility index (Phi) is 8.31. The molecule has 0 radical (unpaired) electrons. The predicted molar refractivity (Wildman–Crippen MR) is 129 cm³/mol. The zero-order valence-corrected chi connectivity index (χ0v) is 20.9. The maximum absolute atomic E-state index is 13.4. The second-order valence-electron chi connectivity index (χ2n) is 9.39. The van der Waals surface area contributed by atoms with E-state index in [9.17, 15) is 35.4 Å². The molecule has 2 fully saturated rings. The van der Waals surface area contributed by atoms with Gasteiger partial charge in [0.1, 0.15) is 24.4 Å². The number of aliphatic hydroxyl groups is 4. The number of rotatable bonds is 9. The quantitative estimate of drug-likeness (QED) is 0.229. The van der Waals surface area contributed by atoms with Gasteiger partial charge in [-0.3, -0.25) is 0 Å². The van der Waals surface area contributed by atoms with Crippen molar-refractivity contribution in [2.75, 3.05) is 27.4 Å². The van der Waals surface area contributed by atoms with Crippen LogP contribution >= 0.6 is 0 Å². The molecule has 0 saturated carbocycles. The summed E-state index contributed by atoms with van der Waals surface area (Å²) in [5.41, 5.74) is -0.551. The summed E-state index contributed by atoms with van der Waals surface area (Å²) >= 11 is 0. The highest BCUT2D eigenvalue weighted by Gasteiger charge is 2.57. The van der Waals surface area contributed by atoms with E-state index in [0.29, 0.717) is 11.1 Å². The maximum atomic E-state index is 13.4. The number of cyclic esters (lactones) is 1. The van der Waals surface area contributed by atoms with Crippen LogP contribution in [0, 0.1) is 5.92 Å². The van der Waals surface area contributed by atoms with E-state index >= 15 is 0 Å². The number of carbonyl (C=O) groups excluding carboxylic acids is 1. The Balaban J connectivity index is 1.73. The largest absolute Gasteiger partial charge is 0.504 e. The molecule has 1 unspecified atom stereocenters. The van der Waals surface area contributed by atoms with Crippen molar-refractivity contribution in [3.63, 3.8) is 0 Å². The van der Waals surface area contributed by atoms with Gasteiger partial charge in [0.15, 0.2) is 34.9 Å². The lowest BCUT2D eigenvalue weighted by Gasteiger charge is -2.43. The summed E-state index contributed by atoms with van der Waals surface area (Å²) in [6.07, 6.45) is -7.81. The van der Waals surface area contributed by atoms with Gasteiger partial charge in [0.2, 0.25) is 0 Å². The molecule has 0 amide bonds. The van der Waals surface area contributed by atoms with Crippen molar-refractivity contribution in [1.82, 2.24) is 0 Å². The van der Waals surface area contributed by atoms with Gasteiger partial charge in [-0.2, -0.15) is 0 Å². The fraction of sp³-hybridized carbons (Fsp3) is 0.500. The number of carbonyl (C=O) groups is 1. The highest BCUT2D eigenvalue weighted by atomic mass is 16.7. The van der Waals surface area contributed by atoms with Crippen LogP contribution in [-0.2, 0) is 31.8 Å². The van der Waals surface area contributed by atoms with Crippen LogP contribution in [0.3, 0.4) is 0 Å². The monoisotopic (exact) mass is 536 g/mol. The fourth-order valence-corrected chi connectivity index (χ4v) is 4.87. The lowest BCUT2D eigenvalue weighted by atomic mass is 9.80. The SMILES string of the molecule is COc1cc(C[C@H]2COC(=O)[C@@]2(Cc2ccc(O)c(OC)c2)OC2O[C@H](CO)[C@@H](O)[C@H](O)[C@H]2O)ccc1O. The van der Waals surface area contributed by atoms with Gasteiger partial charge in [-0.05, 0) is 41.8 Å². The summed E-state index contributed by atoms with van der Waals surface area (Å²) in [4.78, 5) is 13.4. The summed E-state index contributed by atoms with van der Waals surface area (Å²) in [5, 5.41) is 60.7. The number of methoxy groups -OCH3 is 2. The number of phenolic OH excluding ortho intramolecular Hbond substituents is 2. The average molecular weight is 537 g/mol. The molecule has 38 heavy (non-hydrogen) atoms. The van der Waals surface area contributed by atoms with E-state index in [1.54, 1.807) is 18.2 Å². The normalized spacial score (nSPS) is 31.2. The molecule has 0 aromatic heterocycles. The minimum absolute atomic E-state index is 0.0602. The van der Waals surface area contributed by atoms with Crippen LogP contribution in [0.15, 0.2) is 36.4 Å². The summed E-state index contributed by atoms with van der Waals surface area (Å²) < 4.78 is 27.6. The molecule has 0 spiro atoms. The minimum atomic E-state index is -1.76. The zero-order valence-electron chi connectivity index (χ0n) is 20.9. The third-order valence-electron chi connectivity index (χ3n) is 7.03. The topological polar surface area (TPSA) is 185 Å². The van der Waals surface area contributed by atoms with E-state index in [0.717, 1.165) is 0 Å². The van der Waals surface area contributed by atoms with Crippen molar-refractivity contribution in [3.8, 4) is 23.0 Å². The van der Waals surface area contributed by atoms with Crippen molar-refractivity contribution in [2.45, 2.75) is 49.1 Å². The van der Waals surface area contributed by atoms with Crippen molar-refractivity contribution >= 4 is 5.97 Å². The third-order valence-corrected chi connectivity index (χ3v) is 7.03. The van der Waals surface area contributed by atoms with E-state index in [2.05, 4.69) is 0 Å². The first kappa shape index (κ1) is 27.9. The summed E-state index contributed by atoms with van der Waals surface area (Å²) in [6.45, 7) is -0.733. The molecule has 0 bridgehead atoms. The van der Waals surface area contributed by atoms with Crippen LogP contribution in [0.5, 0.6) is 23.0 Å². The highest BCUT2D eigenvalue weighted by Crippen LogP contribution is 2.41.